The maximum atomic E-state index is 12.8. The Labute approximate surface area is 174 Å². The van der Waals surface area contributed by atoms with E-state index < -0.39 is 5.41 Å². The molecule has 0 aliphatic carbocycles. The summed E-state index contributed by atoms with van der Waals surface area (Å²) in [5, 5.41) is 0.0736. The number of thioether (sulfide) groups is 1. The molecule has 0 aromatic heterocycles. The summed E-state index contributed by atoms with van der Waals surface area (Å²) in [6, 6.07) is 7.65. The topological polar surface area (TPSA) is 54.5 Å². The van der Waals surface area contributed by atoms with Crippen molar-refractivity contribution in [2.24, 2.45) is 5.41 Å². The third kappa shape index (κ3) is 4.89. The Kier molecular flexibility index (Phi) is 6.85. The van der Waals surface area contributed by atoms with Crippen molar-refractivity contribution in [2.45, 2.75) is 76.7 Å². The average Bonchev–Trinajstić information content (AvgIpc) is 2.87. The van der Waals surface area contributed by atoms with Crippen LogP contribution >= 0.6 is 11.8 Å². The quantitative estimate of drug-likeness (QED) is 0.492. The first-order chi connectivity index (χ1) is 12.9. The molecule has 6 heteroatoms. The molecule has 1 aliphatic heterocycles. The molecule has 2 atom stereocenters. The van der Waals surface area contributed by atoms with E-state index in [1.54, 1.807) is 19.6 Å². The number of hydrogen-bond donors (Lipinski definition) is 0. The predicted octanol–water partition coefficient (Wildman–Crippen LogP) is 3.70. The van der Waals surface area contributed by atoms with Crippen LogP contribution in [0.5, 0.6) is 0 Å². The van der Waals surface area contributed by atoms with Gasteiger partial charge in [0.2, 0.25) is 11.8 Å². The van der Waals surface area contributed by atoms with Gasteiger partial charge in [-0.3, -0.25) is 9.59 Å². The Morgan fingerprint density at radius 1 is 1.21 bits per heavy atom. The van der Waals surface area contributed by atoms with E-state index in [9.17, 15) is 14.4 Å². The zero-order valence-electron chi connectivity index (χ0n) is 18.2. The second kappa shape index (κ2) is 8.44. The number of imide groups is 1. The lowest BCUT2D eigenvalue weighted by Crippen LogP contribution is -2.33. The van der Waals surface area contributed by atoms with Crippen molar-refractivity contribution in [1.82, 2.24) is 0 Å². The Morgan fingerprint density at radius 3 is 2.29 bits per heavy atom. The lowest BCUT2D eigenvalue weighted by Gasteiger charge is -2.34. The first-order valence-corrected chi connectivity index (χ1v) is 11.0. The van der Waals surface area contributed by atoms with Crippen LogP contribution < -0.4 is 4.90 Å². The van der Waals surface area contributed by atoms with Gasteiger partial charge >= 0.3 is 0 Å². The van der Waals surface area contributed by atoms with Crippen LogP contribution in [0, 0.1) is 5.41 Å². The smallest absolute Gasteiger partial charge is 0.247 e. The highest BCUT2D eigenvalue weighted by Crippen LogP contribution is 2.38. The standard InChI is InChI=1S/C22H32BNO3S/c1-7-14(2)28-17-12-18(25)24(19(17)26)16-10-8-15(9-11-16)21(3,4)13-22(5,6)20(23)27/h8-11,14,17H,7,12-13,23H2,1-6H3. The molecule has 1 aliphatic rings. The number of anilines is 1. The van der Waals surface area contributed by atoms with Crippen LogP contribution in [0.25, 0.3) is 0 Å². The molecule has 0 bridgehead atoms. The van der Waals surface area contributed by atoms with Crippen molar-refractivity contribution < 1.29 is 14.4 Å². The van der Waals surface area contributed by atoms with Gasteiger partial charge < -0.3 is 4.79 Å². The summed E-state index contributed by atoms with van der Waals surface area (Å²) in [6.07, 6.45) is 1.97. The zero-order valence-corrected chi connectivity index (χ0v) is 19.0. The Balaban J connectivity index is 2.19. The van der Waals surface area contributed by atoms with Gasteiger partial charge in [-0.15, -0.1) is 11.8 Å². The molecule has 4 nitrogen and oxygen atoms in total. The van der Waals surface area contributed by atoms with E-state index in [-0.39, 0.29) is 34.6 Å². The summed E-state index contributed by atoms with van der Waals surface area (Å²) >= 11 is 1.59. The average molecular weight is 401 g/mol. The molecule has 2 amide bonds. The monoisotopic (exact) mass is 401 g/mol. The molecule has 28 heavy (non-hydrogen) atoms. The maximum absolute atomic E-state index is 12.8. The fraction of sp³-hybridized carbons (Fsp3) is 0.591. The maximum Gasteiger partial charge on any atom is 0.247 e. The van der Waals surface area contributed by atoms with E-state index in [1.165, 1.54) is 4.90 Å². The molecule has 1 aromatic rings. The molecule has 1 aromatic carbocycles. The SMILES string of the molecule is BC(=O)C(C)(C)CC(C)(C)c1ccc(N2C(=O)CC(SC(C)CC)C2=O)cc1. The fourth-order valence-corrected chi connectivity index (χ4v) is 4.97. The summed E-state index contributed by atoms with van der Waals surface area (Å²) in [5.41, 5.74) is 1.31. The van der Waals surface area contributed by atoms with Crippen molar-refractivity contribution >= 4 is 42.8 Å². The van der Waals surface area contributed by atoms with Gasteiger partial charge in [0.05, 0.1) is 16.6 Å². The molecule has 1 fully saturated rings. The van der Waals surface area contributed by atoms with Crippen molar-refractivity contribution in [2.75, 3.05) is 4.90 Å². The molecule has 1 heterocycles. The largest absolute Gasteiger partial charge is 0.311 e. The second-order valence-corrected chi connectivity index (χ2v) is 10.8. The number of benzene rings is 1. The number of nitrogens with zero attached hydrogens (tertiary/aromatic N) is 1. The number of carbonyl (C=O) groups is 3. The first-order valence-electron chi connectivity index (χ1n) is 10.0. The van der Waals surface area contributed by atoms with Crippen LogP contribution in [0.15, 0.2) is 24.3 Å². The number of rotatable bonds is 8. The van der Waals surface area contributed by atoms with Crippen LogP contribution in [0.1, 0.15) is 66.4 Å². The van der Waals surface area contributed by atoms with E-state index in [0.29, 0.717) is 10.9 Å². The van der Waals surface area contributed by atoms with Gasteiger partial charge in [0.15, 0.2) is 7.85 Å². The third-order valence-electron chi connectivity index (χ3n) is 5.82. The molecule has 0 spiro atoms. The van der Waals surface area contributed by atoms with Gasteiger partial charge in [0.1, 0.15) is 0 Å². The highest BCUT2D eigenvalue weighted by molar-refractivity contribution is 8.01. The normalized spacial score (nSPS) is 19.2. The molecule has 152 valence electrons. The summed E-state index contributed by atoms with van der Waals surface area (Å²) in [5.74, 6) is -0.240. The van der Waals surface area contributed by atoms with Crippen LogP contribution in [0.3, 0.4) is 0 Å². The van der Waals surface area contributed by atoms with E-state index >= 15 is 0 Å². The van der Waals surface area contributed by atoms with Crippen molar-refractivity contribution in [3.05, 3.63) is 29.8 Å². The Morgan fingerprint density at radius 2 is 1.79 bits per heavy atom. The van der Waals surface area contributed by atoms with E-state index in [0.717, 1.165) is 18.4 Å². The molecular formula is C22H32BNO3S. The number of carbonyl (C=O) groups excluding carboxylic acids is 3. The van der Waals surface area contributed by atoms with Gasteiger partial charge in [-0.25, -0.2) is 4.90 Å². The van der Waals surface area contributed by atoms with E-state index in [4.69, 9.17) is 0 Å². The molecule has 0 radical (unpaired) electrons. The van der Waals surface area contributed by atoms with Crippen molar-refractivity contribution in [3.63, 3.8) is 0 Å². The Bertz CT molecular complexity index is 758. The second-order valence-electron chi connectivity index (χ2n) is 9.16. The van der Waals surface area contributed by atoms with Gasteiger partial charge in [-0.05, 0) is 36.0 Å². The van der Waals surface area contributed by atoms with E-state index in [1.807, 2.05) is 38.1 Å². The third-order valence-corrected chi connectivity index (χ3v) is 7.32. The van der Waals surface area contributed by atoms with E-state index in [2.05, 4.69) is 27.7 Å². The molecule has 2 rings (SSSR count). The van der Waals surface area contributed by atoms with Gasteiger partial charge in [0.25, 0.3) is 0 Å². The Hall–Kier alpha value is -1.56. The van der Waals surface area contributed by atoms with Crippen molar-refractivity contribution in [3.8, 4) is 0 Å². The molecule has 1 saturated heterocycles. The lowest BCUT2D eigenvalue weighted by molar-refractivity contribution is -0.121. The fourth-order valence-electron chi connectivity index (χ4n) is 3.75. The highest BCUT2D eigenvalue weighted by Gasteiger charge is 2.40. The predicted molar refractivity (Wildman–Crippen MR) is 120 cm³/mol. The highest BCUT2D eigenvalue weighted by atomic mass is 32.2. The van der Waals surface area contributed by atoms with Crippen LogP contribution in [-0.4, -0.2) is 35.8 Å². The van der Waals surface area contributed by atoms with Crippen LogP contribution in [0.4, 0.5) is 5.69 Å². The molecule has 2 unspecified atom stereocenters. The first kappa shape index (κ1) is 22.7. The molecule has 0 saturated carbocycles. The zero-order chi connectivity index (χ0) is 21.3. The lowest BCUT2D eigenvalue weighted by atomic mass is 9.66. The minimum atomic E-state index is -0.399. The number of amides is 2. The summed E-state index contributed by atoms with van der Waals surface area (Å²) in [6.45, 7) is 12.4. The molecular weight excluding hydrogens is 369 g/mol. The van der Waals surface area contributed by atoms with Crippen LogP contribution in [0.2, 0.25) is 0 Å². The summed E-state index contributed by atoms with van der Waals surface area (Å²) < 4.78 is 0. The van der Waals surface area contributed by atoms with Gasteiger partial charge in [-0.1, -0.05) is 53.7 Å². The van der Waals surface area contributed by atoms with Crippen LogP contribution in [-0.2, 0) is 19.8 Å². The minimum Gasteiger partial charge on any atom is -0.311 e. The summed E-state index contributed by atoms with van der Waals surface area (Å²) in [7, 11) is 1.64. The number of hydrogen-bond acceptors (Lipinski definition) is 4. The summed E-state index contributed by atoms with van der Waals surface area (Å²) in [4.78, 5) is 38.5. The van der Waals surface area contributed by atoms with Gasteiger partial charge in [0, 0.05) is 17.1 Å². The van der Waals surface area contributed by atoms with Gasteiger partial charge in [-0.2, -0.15) is 0 Å². The minimum absolute atomic E-state index is 0.111. The van der Waals surface area contributed by atoms with Crippen molar-refractivity contribution in [1.29, 1.82) is 0 Å². The molecule has 0 N–H and O–H groups in total.